The van der Waals surface area contributed by atoms with Crippen LogP contribution in [0.5, 0.6) is 0 Å². The number of rotatable bonds is 7. The molecule has 2 aromatic rings. The van der Waals surface area contributed by atoms with Crippen LogP contribution in [0.1, 0.15) is 12.5 Å². The van der Waals surface area contributed by atoms with Gasteiger partial charge in [-0.2, -0.15) is 0 Å². The summed E-state index contributed by atoms with van der Waals surface area (Å²) in [5, 5.41) is 9.82. The van der Waals surface area contributed by atoms with Crippen LogP contribution in [-0.2, 0) is 29.1 Å². The smallest absolute Gasteiger partial charge is 0.355 e. The van der Waals surface area contributed by atoms with Crippen molar-refractivity contribution in [2.45, 2.75) is 11.8 Å². The van der Waals surface area contributed by atoms with Gasteiger partial charge < -0.3 is 15.4 Å². The fourth-order valence-electron chi connectivity index (χ4n) is 2.19. The number of esters is 1. The van der Waals surface area contributed by atoms with Gasteiger partial charge in [-0.3, -0.25) is 9.59 Å². The van der Waals surface area contributed by atoms with Crippen molar-refractivity contribution in [3.05, 3.63) is 65.9 Å². The van der Waals surface area contributed by atoms with Crippen LogP contribution in [0, 0.1) is 0 Å². The molecule has 0 saturated heterocycles. The molecule has 2 aromatic carbocycles. The summed E-state index contributed by atoms with van der Waals surface area (Å²) in [7, 11) is -3.84. The van der Waals surface area contributed by atoms with Crippen LogP contribution in [0.3, 0.4) is 0 Å². The molecule has 2 amide bonds. The van der Waals surface area contributed by atoms with Crippen LogP contribution in [0.25, 0.3) is 6.08 Å². The van der Waals surface area contributed by atoms with Crippen molar-refractivity contribution in [2.75, 3.05) is 11.9 Å². The quantitative estimate of drug-likeness (QED) is 0.453. The van der Waals surface area contributed by atoms with Crippen molar-refractivity contribution in [1.82, 2.24) is 5.32 Å². The number of hydrogen-bond acceptors (Lipinski definition) is 6. The Labute approximate surface area is 167 Å². The summed E-state index contributed by atoms with van der Waals surface area (Å²) in [5.74, 6) is -2.00. The molecular weight excluding hydrogens is 398 g/mol. The predicted molar refractivity (Wildman–Crippen MR) is 106 cm³/mol. The first-order chi connectivity index (χ1) is 13.6. The molecule has 2 rings (SSSR count). The highest BCUT2D eigenvalue weighted by atomic mass is 32.2. The number of carbonyl (C=O) groups is 3. The molecule has 0 bridgehead atoms. The highest BCUT2D eigenvalue weighted by Gasteiger charge is 2.15. The van der Waals surface area contributed by atoms with Gasteiger partial charge in [0.05, 0.1) is 4.90 Å². The van der Waals surface area contributed by atoms with Crippen LogP contribution in [0.15, 0.2) is 65.2 Å². The Bertz CT molecular complexity index is 1030. The maximum atomic E-state index is 12.2. The highest BCUT2D eigenvalue weighted by Crippen LogP contribution is 2.13. The van der Waals surface area contributed by atoms with Crippen LogP contribution >= 0.6 is 0 Å². The molecular formula is C19H19N3O6S. The van der Waals surface area contributed by atoms with Crippen molar-refractivity contribution in [3.63, 3.8) is 0 Å². The van der Waals surface area contributed by atoms with Crippen LogP contribution < -0.4 is 15.8 Å². The molecule has 10 heteroatoms. The molecule has 0 saturated carbocycles. The lowest BCUT2D eigenvalue weighted by atomic mass is 10.2. The number of nitrogens with one attached hydrogen (secondary N) is 2. The van der Waals surface area contributed by atoms with Gasteiger partial charge in [0.2, 0.25) is 15.9 Å². The Morgan fingerprint density at radius 2 is 1.66 bits per heavy atom. The Kier molecular flexibility index (Phi) is 7.23. The first-order valence-electron chi connectivity index (χ1n) is 8.29. The number of ether oxygens (including phenoxy) is 1. The average molecular weight is 417 g/mol. The number of hydrogen-bond donors (Lipinski definition) is 3. The molecule has 152 valence electrons. The van der Waals surface area contributed by atoms with E-state index in [4.69, 9.17) is 9.88 Å². The largest absolute Gasteiger partial charge is 0.451 e. The standard InChI is InChI=1S/C19H19N3O6S/c1-13(23)21-17(11-14-5-3-2-4-6-14)19(25)28-12-18(24)22-15-7-9-16(10-8-15)29(20,26)27/h2-11H,12H2,1H3,(H,21,23)(H,22,24)(H2,20,26,27)/b17-11-. The van der Waals surface area contributed by atoms with Crippen molar-refractivity contribution in [3.8, 4) is 0 Å². The number of sulfonamides is 1. The molecule has 0 aliphatic carbocycles. The summed E-state index contributed by atoms with van der Waals surface area (Å²) in [6.07, 6.45) is 1.42. The van der Waals surface area contributed by atoms with Crippen molar-refractivity contribution in [1.29, 1.82) is 0 Å². The third kappa shape index (κ3) is 7.20. The zero-order chi connectivity index (χ0) is 21.4. The lowest BCUT2D eigenvalue weighted by Crippen LogP contribution is -2.28. The van der Waals surface area contributed by atoms with Gasteiger partial charge in [-0.05, 0) is 35.9 Å². The third-order valence-electron chi connectivity index (χ3n) is 3.44. The van der Waals surface area contributed by atoms with Crippen LogP contribution in [0.4, 0.5) is 5.69 Å². The van der Waals surface area contributed by atoms with E-state index in [0.29, 0.717) is 11.3 Å². The zero-order valence-electron chi connectivity index (χ0n) is 15.4. The zero-order valence-corrected chi connectivity index (χ0v) is 16.2. The number of nitrogens with two attached hydrogens (primary N) is 1. The Hall–Kier alpha value is -3.50. The van der Waals surface area contributed by atoms with E-state index in [1.807, 2.05) is 0 Å². The maximum Gasteiger partial charge on any atom is 0.355 e. The minimum absolute atomic E-state index is 0.104. The summed E-state index contributed by atoms with van der Waals surface area (Å²) >= 11 is 0. The number of primary sulfonamides is 1. The number of benzene rings is 2. The normalized spacial score (nSPS) is 11.4. The summed E-state index contributed by atoms with van der Waals surface area (Å²) in [4.78, 5) is 35.4. The maximum absolute atomic E-state index is 12.2. The molecule has 0 aliphatic rings. The summed E-state index contributed by atoms with van der Waals surface area (Å²) in [5.41, 5.74) is 0.835. The van der Waals surface area contributed by atoms with E-state index in [1.165, 1.54) is 37.3 Å². The predicted octanol–water partition coefficient (Wildman–Crippen LogP) is 0.993. The van der Waals surface area contributed by atoms with Gasteiger partial charge in [0.1, 0.15) is 5.70 Å². The molecule has 0 atom stereocenters. The molecule has 0 radical (unpaired) electrons. The lowest BCUT2D eigenvalue weighted by molar-refractivity contribution is -0.144. The first-order valence-corrected chi connectivity index (χ1v) is 9.84. The molecule has 0 spiro atoms. The Morgan fingerprint density at radius 3 is 2.21 bits per heavy atom. The van der Waals surface area contributed by atoms with Crippen LogP contribution in [0.2, 0.25) is 0 Å². The van der Waals surface area contributed by atoms with E-state index in [9.17, 15) is 22.8 Å². The van der Waals surface area contributed by atoms with E-state index < -0.39 is 34.4 Å². The SMILES string of the molecule is CC(=O)N/C(=C\c1ccccc1)C(=O)OCC(=O)Nc1ccc(S(N)(=O)=O)cc1. The monoisotopic (exact) mass is 417 g/mol. The summed E-state index contributed by atoms with van der Waals surface area (Å²) in [6.45, 7) is 0.630. The Balaban J connectivity index is 1.99. The summed E-state index contributed by atoms with van der Waals surface area (Å²) in [6, 6.07) is 13.9. The average Bonchev–Trinajstić information content (AvgIpc) is 2.66. The highest BCUT2D eigenvalue weighted by molar-refractivity contribution is 7.89. The minimum atomic E-state index is -3.84. The molecule has 0 aromatic heterocycles. The second-order valence-corrected chi connectivity index (χ2v) is 7.41. The number of amides is 2. The van der Waals surface area contributed by atoms with Gasteiger partial charge in [-0.15, -0.1) is 0 Å². The van der Waals surface area contributed by atoms with Gasteiger partial charge in [-0.25, -0.2) is 18.4 Å². The topological polar surface area (TPSA) is 145 Å². The fourth-order valence-corrected chi connectivity index (χ4v) is 2.70. The molecule has 29 heavy (non-hydrogen) atoms. The van der Waals surface area contributed by atoms with Gasteiger partial charge in [-0.1, -0.05) is 30.3 Å². The van der Waals surface area contributed by atoms with E-state index in [-0.39, 0.29) is 10.6 Å². The molecule has 0 fully saturated rings. The first kappa shape index (κ1) is 21.8. The second kappa shape index (κ2) is 9.62. The van der Waals surface area contributed by atoms with Crippen molar-refractivity contribution < 1.29 is 27.5 Å². The van der Waals surface area contributed by atoms with Gasteiger partial charge >= 0.3 is 5.97 Å². The van der Waals surface area contributed by atoms with Crippen molar-refractivity contribution in [2.24, 2.45) is 5.14 Å². The van der Waals surface area contributed by atoms with Gasteiger partial charge in [0, 0.05) is 12.6 Å². The Morgan fingerprint density at radius 1 is 1.03 bits per heavy atom. The van der Waals surface area contributed by atoms with E-state index in [0.717, 1.165) is 0 Å². The van der Waals surface area contributed by atoms with E-state index in [2.05, 4.69) is 10.6 Å². The lowest BCUT2D eigenvalue weighted by Gasteiger charge is -2.10. The van der Waals surface area contributed by atoms with Gasteiger partial charge in [0.25, 0.3) is 5.91 Å². The molecule has 0 aliphatic heterocycles. The van der Waals surface area contributed by atoms with E-state index in [1.54, 1.807) is 30.3 Å². The van der Waals surface area contributed by atoms with Gasteiger partial charge in [0.15, 0.2) is 6.61 Å². The summed E-state index contributed by atoms with van der Waals surface area (Å²) < 4.78 is 27.4. The van der Waals surface area contributed by atoms with Crippen LogP contribution in [-0.4, -0.2) is 32.8 Å². The minimum Gasteiger partial charge on any atom is -0.451 e. The number of carbonyl (C=O) groups excluding carboxylic acids is 3. The third-order valence-corrected chi connectivity index (χ3v) is 4.37. The van der Waals surface area contributed by atoms with E-state index >= 15 is 0 Å². The molecule has 9 nitrogen and oxygen atoms in total. The fraction of sp³-hybridized carbons (Fsp3) is 0.105. The molecule has 0 heterocycles. The van der Waals surface area contributed by atoms with Crippen molar-refractivity contribution >= 4 is 39.6 Å². The molecule has 0 unspecified atom stereocenters. The number of anilines is 1. The molecule has 4 N–H and O–H groups in total. The second-order valence-electron chi connectivity index (χ2n) is 5.84.